The molecule has 0 aromatic heterocycles. The molecule has 0 radical (unpaired) electrons. The van der Waals surface area contributed by atoms with Crippen LogP contribution in [0.5, 0.6) is 0 Å². The molecule has 0 saturated carbocycles. The largest absolute Gasteiger partial charge is 0.412 e. The number of hydrogen-bond donors (Lipinski definition) is 0. The van der Waals surface area contributed by atoms with Crippen molar-refractivity contribution >= 4 is 49.6 Å². The van der Waals surface area contributed by atoms with E-state index in [9.17, 15) is 0 Å². The van der Waals surface area contributed by atoms with Crippen molar-refractivity contribution in [2.24, 2.45) is 0 Å². The third-order valence-electron chi connectivity index (χ3n) is 7.71. The van der Waals surface area contributed by atoms with Crippen LogP contribution in [0.1, 0.15) is 24.0 Å². The summed E-state index contributed by atoms with van der Waals surface area (Å²) < 4.78 is 0. The first-order chi connectivity index (χ1) is 14.7. The number of halogens is 4. The van der Waals surface area contributed by atoms with Gasteiger partial charge in [0.1, 0.15) is 0 Å². The second-order valence-corrected chi connectivity index (χ2v) is 9.80. The number of likely N-dealkylation sites (N-methyl/N-ethyl adjacent to an activating group) is 2. The van der Waals surface area contributed by atoms with E-state index in [1.807, 2.05) is 0 Å². The summed E-state index contributed by atoms with van der Waals surface area (Å²) in [6.07, 6.45) is 2.76. The average molecular weight is 568 g/mol. The number of fused-ring (bicyclic) bond motifs is 4. The molecule has 5 nitrogen and oxygen atoms in total. The number of rotatable bonds is 4. The third-order valence-corrected chi connectivity index (χ3v) is 7.71. The summed E-state index contributed by atoms with van der Waals surface area (Å²) >= 11 is 0. The fraction of sp³-hybridized carbons (Fsp3) is 0.538. The number of nitrogens with zero attached hydrogens (tertiary/aromatic N) is 4. The summed E-state index contributed by atoms with van der Waals surface area (Å²) in [5.41, 5.74) is 2.90. The minimum absolute atomic E-state index is 0. The fourth-order valence-corrected chi connectivity index (χ4v) is 5.92. The van der Waals surface area contributed by atoms with Gasteiger partial charge in [-0.1, -0.05) is 60.7 Å². The van der Waals surface area contributed by atoms with E-state index in [1.165, 1.54) is 50.1 Å². The standard InChI is InChI=1S/2C13H18N2.4ClH.H2O/c2*1-14-9-13-7-12(14)10-15(13)8-11-5-3-2-4-6-11;;;;;/h2*2-6,12-13H,7-10H2,1H3;4*1H;1H2. The lowest BCUT2D eigenvalue weighted by Crippen LogP contribution is -2.43. The Labute approximate surface area is 236 Å². The van der Waals surface area contributed by atoms with Crippen LogP contribution in [-0.2, 0) is 13.1 Å². The highest BCUT2D eigenvalue weighted by Gasteiger charge is 2.41. The van der Waals surface area contributed by atoms with Crippen LogP contribution >= 0.6 is 49.6 Å². The highest BCUT2D eigenvalue weighted by Crippen LogP contribution is 2.31. The van der Waals surface area contributed by atoms with Gasteiger partial charge in [-0.05, 0) is 38.1 Å². The van der Waals surface area contributed by atoms with Crippen molar-refractivity contribution in [2.45, 2.75) is 50.1 Å². The number of hydrogen-bond acceptors (Lipinski definition) is 4. The van der Waals surface area contributed by atoms with Crippen molar-refractivity contribution in [1.29, 1.82) is 0 Å². The highest BCUT2D eigenvalue weighted by molar-refractivity contribution is 5.86. The van der Waals surface area contributed by atoms with E-state index in [2.05, 4.69) is 94.4 Å². The van der Waals surface area contributed by atoms with E-state index < -0.39 is 0 Å². The molecular formula is C26H42Cl4N4O. The Hall–Kier alpha value is -0.600. The molecule has 0 aliphatic carbocycles. The molecular weight excluding hydrogens is 526 g/mol. The second kappa shape index (κ2) is 15.6. The zero-order chi connectivity index (χ0) is 20.5. The lowest BCUT2D eigenvalue weighted by atomic mass is 10.2. The van der Waals surface area contributed by atoms with Gasteiger partial charge in [0.2, 0.25) is 0 Å². The molecule has 0 spiro atoms. The number of likely N-dealkylation sites (tertiary alicyclic amines) is 4. The first kappa shape index (κ1) is 34.4. The summed E-state index contributed by atoms with van der Waals surface area (Å²) in [7, 11) is 4.51. The summed E-state index contributed by atoms with van der Waals surface area (Å²) in [4.78, 5) is 10.3. The number of benzene rings is 2. The SMILES string of the molecule is CN1CC2CC1CN2Cc1ccccc1.CN1CC2CC1CN2Cc1ccccc1.Cl.Cl.Cl.Cl.O. The Bertz CT molecular complexity index is 761. The summed E-state index contributed by atoms with van der Waals surface area (Å²) in [6, 6.07) is 24.9. The first-order valence-electron chi connectivity index (χ1n) is 11.6. The number of piperazine rings is 2. The van der Waals surface area contributed by atoms with Crippen LogP contribution < -0.4 is 0 Å². The van der Waals surface area contributed by atoms with E-state index in [-0.39, 0.29) is 55.1 Å². The molecule has 0 amide bonds. The molecule has 2 aromatic carbocycles. The van der Waals surface area contributed by atoms with Crippen LogP contribution in [0.4, 0.5) is 0 Å². The van der Waals surface area contributed by atoms with Gasteiger partial charge in [0.05, 0.1) is 0 Å². The van der Waals surface area contributed by atoms with Gasteiger partial charge in [0, 0.05) is 63.4 Å². The molecule has 2 N–H and O–H groups in total. The predicted molar refractivity (Wildman–Crippen MR) is 156 cm³/mol. The molecule has 6 rings (SSSR count). The maximum atomic E-state index is 2.64. The van der Waals surface area contributed by atoms with Gasteiger partial charge < -0.3 is 15.3 Å². The quantitative estimate of drug-likeness (QED) is 0.560. The van der Waals surface area contributed by atoms with Gasteiger partial charge in [0.25, 0.3) is 0 Å². The van der Waals surface area contributed by atoms with Crippen molar-refractivity contribution in [2.75, 3.05) is 40.3 Å². The van der Waals surface area contributed by atoms with Crippen molar-refractivity contribution in [1.82, 2.24) is 19.6 Å². The Kier molecular flexibility index (Phi) is 15.3. The van der Waals surface area contributed by atoms with Crippen LogP contribution in [0.15, 0.2) is 60.7 Å². The van der Waals surface area contributed by atoms with E-state index in [0.717, 1.165) is 37.3 Å². The van der Waals surface area contributed by atoms with E-state index >= 15 is 0 Å². The second-order valence-electron chi connectivity index (χ2n) is 9.80. The monoisotopic (exact) mass is 566 g/mol. The first-order valence-corrected chi connectivity index (χ1v) is 11.6. The highest BCUT2D eigenvalue weighted by atomic mass is 35.5. The van der Waals surface area contributed by atoms with Gasteiger partial charge in [-0.3, -0.25) is 9.80 Å². The molecule has 4 fully saturated rings. The van der Waals surface area contributed by atoms with Crippen molar-refractivity contribution in [3.05, 3.63) is 71.8 Å². The zero-order valence-electron chi connectivity index (χ0n) is 20.7. The van der Waals surface area contributed by atoms with Crippen LogP contribution in [0.3, 0.4) is 0 Å². The van der Waals surface area contributed by atoms with Crippen LogP contribution in [0, 0.1) is 0 Å². The van der Waals surface area contributed by atoms with Crippen molar-refractivity contribution < 1.29 is 5.48 Å². The fourth-order valence-electron chi connectivity index (χ4n) is 5.92. The zero-order valence-corrected chi connectivity index (χ0v) is 23.9. The molecule has 9 heteroatoms. The summed E-state index contributed by atoms with van der Waals surface area (Å²) in [5.74, 6) is 0. The average Bonchev–Trinajstić information content (AvgIpc) is 3.51. The summed E-state index contributed by atoms with van der Waals surface area (Å²) in [5, 5.41) is 0. The van der Waals surface area contributed by atoms with Gasteiger partial charge >= 0.3 is 0 Å². The molecule has 4 unspecified atom stereocenters. The molecule has 35 heavy (non-hydrogen) atoms. The molecule has 4 aliphatic rings. The molecule has 2 aromatic rings. The van der Waals surface area contributed by atoms with E-state index in [1.54, 1.807) is 0 Å². The minimum atomic E-state index is 0. The minimum Gasteiger partial charge on any atom is -0.412 e. The predicted octanol–water partition coefficient (Wildman–Crippen LogP) is 4.01. The van der Waals surface area contributed by atoms with Gasteiger partial charge in [-0.2, -0.15) is 0 Å². The molecule has 4 heterocycles. The van der Waals surface area contributed by atoms with E-state index in [4.69, 9.17) is 0 Å². The normalized spacial score (nSPS) is 26.8. The van der Waals surface area contributed by atoms with Gasteiger partial charge in [-0.25, -0.2) is 0 Å². The van der Waals surface area contributed by atoms with Crippen LogP contribution in [0.25, 0.3) is 0 Å². The maximum Gasteiger partial charge on any atom is 0.0242 e. The molecule has 4 atom stereocenters. The van der Waals surface area contributed by atoms with Crippen LogP contribution in [-0.4, -0.2) is 89.5 Å². The molecule has 4 aliphatic heterocycles. The lowest BCUT2D eigenvalue weighted by Gasteiger charge is -2.31. The molecule has 4 bridgehead atoms. The Morgan fingerprint density at radius 3 is 1.14 bits per heavy atom. The lowest BCUT2D eigenvalue weighted by molar-refractivity contribution is 0.143. The molecule has 4 saturated heterocycles. The van der Waals surface area contributed by atoms with Gasteiger partial charge in [0.15, 0.2) is 0 Å². The van der Waals surface area contributed by atoms with Crippen molar-refractivity contribution in [3.63, 3.8) is 0 Å². The smallest absolute Gasteiger partial charge is 0.0242 e. The topological polar surface area (TPSA) is 44.5 Å². The Morgan fingerprint density at radius 1 is 0.543 bits per heavy atom. The summed E-state index contributed by atoms with van der Waals surface area (Å²) in [6.45, 7) is 7.31. The van der Waals surface area contributed by atoms with E-state index in [0.29, 0.717) is 0 Å². The Morgan fingerprint density at radius 2 is 0.886 bits per heavy atom. The maximum absolute atomic E-state index is 2.64. The molecule has 200 valence electrons. The van der Waals surface area contributed by atoms with Crippen LogP contribution in [0.2, 0.25) is 0 Å². The van der Waals surface area contributed by atoms with Gasteiger partial charge in [-0.15, -0.1) is 49.6 Å². The Balaban J connectivity index is 0.000000578. The third kappa shape index (κ3) is 8.19. The van der Waals surface area contributed by atoms with Crippen molar-refractivity contribution in [3.8, 4) is 0 Å².